The van der Waals surface area contributed by atoms with Crippen LogP contribution >= 0.6 is 0 Å². The topological polar surface area (TPSA) is 57.6 Å². The van der Waals surface area contributed by atoms with Gasteiger partial charge in [-0.3, -0.25) is 4.79 Å². The molecule has 1 aliphatic heterocycles. The number of hydrogen-bond donors (Lipinski definition) is 1. The number of carboxylic acid groups (broad SMARTS) is 1. The number of aromatic carboxylic acids is 1. The van der Waals surface area contributed by atoms with Gasteiger partial charge in [-0.1, -0.05) is 17.7 Å². The molecule has 1 aliphatic rings. The van der Waals surface area contributed by atoms with Gasteiger partial charge in [0.05, 0.1) is 5.56 Å². The Morgan fingerprint density at radius 3 is 2.68 bits per heavy atom. The van der Waals surface area contributed by atoms with Crippen LogP contribution in [0.15, 0.2) is 29.8 Å². The minimum atomic E-state index is -0.902. The van der Waals surface area contributed by atoms with Crippen molar-refractivity contribution < 1.29 is 14.7 Å². The molecule has 0 radical (unpaired) electrons. The molecule has 1 N–H and O–H groups in total. The number of allylic oxidation sites excluding steroid dienone is 1. The van der Waals surface area contributed by atoms with E-state index in [1.54, 1.807) is 23.1 Å². The molecule has 1 heterocycles. The molecule has 1 amide bonds. The molecule has 0 unspecified atom stereocenters. The van der Waals surface area contributed by atoms with Crippen molar-refractivity contribution >= 4 is 11.9 Å². The van der Waals surface area contributed by atoms with E-state index in [0.29, 0.717) is 25.1 Å². The molecule has 4 heteroatoms. The third-order valence-corrected chi connectivity index (χ3v) is 3.22. The van der Waals surface area contributed by atoms with Gasteiger partial charge < -0.3 is 10.0 Å². The Bertz CT molecular complexity index is 557. The lowest BCUT2D eigenvalue weighted by Crippen LogP contribution is -2.35. The quantitative estimate of drug-likeness (QED) is 0.829. The van der Waals surface area contributed by atoms with Crippen LogP contribution in [0.25, 0.3) is 0 Å². The Labute approximate surface area is 112 Å². The highest BCUT2D eigenvalue weighted by atomic mass is 16.4. The van der Waals surface area contributed by atoms with Crippen LogP contribution in [0.2, 0.25) is 0 Å². The fourth-order valence-corrected chi connectivity index (χ4v) is 2.34. The fourth-order valence-electron chi connectivity index (χ4n) is 2.34. The Balaban J connectivity index is 2.26. The molecule has 100 valence electrons. The summed E-state index contributed by atoms with van der Waals surface area (Å²) in [6.45, 7) is 4.83. The number of carbonyl (C=O) groups is 2. The predicted molar refractivity (Wildman–Crippen MR) is 72.0 cm³/mol. The second-order valence-electron chi connectivity index (χ2n) is 4.98. The summed E-state index contributed by atoms with van der Waals surface area (Å²) in [6.07, 6.45) is 2.21. The van der Waals surface area contributed by atoms with Gasteiger partial charge in [-0.25, -0.2) is 4.79 Å². The number of benzene rings is 1. The Morgan fingerprint density at radius 1 is 1.32 bits per heavy atom. The first-order valence-corrected chi connectivity index (χ1v) is 6.27. The maximum absolute atomic E-state index is 12.0. The number of amides is 1. The zero-order chi connectivity index (χ0) is 14.0. The first-order chi connectivity index (χ1) is 8.99. The van der Waals surface area contributed by atoms with E-state index in [9.17, 15) is 9.59 Å². The fraction of sp³-hybridized carbons (Fsp3) is 0.333. The third kappa shape index (κ3) is 2.84. The standard InChI is InChI=1S/C15H17NO3/c1-10(2)8-14(17)16-7-6-12-11(9-16)4-3-5-13(12)15(18)19/h3-5,8H,6-7,9H2,1-2H3,(H,18,19). The molecule has 2 rings (SSSR count). The van der Waals surface area contributed by atoms with Crippen LogP contribution in [0.5, 0.6) is 0 Å². The highest BCUT2D eigenvalue weighted by Crippen LogP contribution is 2.23. The normalized spacial score (nSPS) is 13.7. The van der Waals surface area contributed by atoms with Gasteiger partial charge in [-0.05, 0) is 37.5 Å². The monoisotopic (exact) mass is 259 g/mol. The van der Waals surface area contributed by atoms with Crippen molar-refractivity contribution in [1.29, 1.82) is 0 Å². The summed E-state index contributed by atoms with van der Waals surface area (Å²) in [6, 6.07) is 5.25. The van der Waals surface area contributed by atoms with Crippen molar-refractivity contribution in [2.24, 2.45) is 0 Å². The number of nitrogens with zero attached hydrogens (tertiary/aromatic N) is 1. The minimum Gasteiger partial charge on any atom is -0.478 e. The molecule has 4 nitrogen and oxygen atoms in total. The SMILES string of the molecule is CC(C)=CC(=O)N1CCc2c(cccc2C(=O)O)C1. The highest BCUT2D eigenvalue weighted by molar-refractivity contribution is 5.91. The van der Waals surface area contributed by atoms with Gasteiger partial charge in [0.15, 0.2) is 0 Å². The summed E-state index contributed by atoms with van der Waals surface area (Å²) in [7, 11) is 0. The first-order valence-electron chi connectivity index (χ1n) is 6.27. The molecule has 19 heavy (non-hydrogen) atoms. The van der Waals surface area contributed by atoms with Crippen molar-refractivity contribution in [3.63, 3.8) is 0 Å². The van der Waals surface area contributed by atoms with E-state index in [-0.39, 0.29) is 5.91 Å². The van der Waals surface area contributed by atoms with Gasteiger partial charge in [0.2, 0.25) is 5.91 Å². The van der Waals surface area contributed by atoms with Gasteiger partial charge in [-0.2, -0.15) is 0 Å². The van der Waals surface area contributed by atoms with Gasteiger partial charge in [-0.15, -0.1) is 0 Å². The molecule has 0 bridgehead atoms. The summed E-state index contributed by atoms with van der Waals surface area (Å²) in [5.74, 6) is -0.910. The maximum Gasteiger partial charge on any atom is 0.335 e. The molecule has 0 aliphatic carbocycles. The molecular weight excluding hydrogens is 242 g/mol. The van der Waals surface area contributed by atoms with E-state index >= 15 is 0 Å². The Kier molecular flexibility index (Phi) is 3.69. The van der Waals surface area contributed by atoms with Crippen LogP contribution in [-0.2, 0) is 17.8 Å². The molecular formula is C15H17NO3. The maximum atomic E-state index is 12.0. The number of carbonyl (C=O) groups excluding carboxylic acids is 1. The average Bonchev–Trinajstić information content (AvgIpc) is 2.36. The molecule has 0 fully saturated rings. The average molecular weight is 259 g/mol. The summed E-state index contributed by atoms with van der Waals surface area (Å²) < 4.78 is 0. The molecule has 0 saturated carbocycles. The van der Waals surface area contributed by atoms with Crippen molar-refractivity contribution in [3.8, 4) is 0 Å². The van der Waals surface area contributed by atoms with Crippen LogP contribution < -0.4 is 0 Å². The molecule has 1 aromatic carbocycles. The molecule has 0 atom stereocenters. The number of fused-ring (bicyclic) bond motifs is 1. The number of carboxylic acids is 1. The Morgan fingerprint density at radius 2 is 2.05 bits per heavy atom. The van der Waals surface area contributed by atoms with Crippen LogP contribution in [0.1, 0.15) is 35.3 Å². The van der Waals surface area contributed by atoms with Crippen molar-refractivity contribution in [1.82, 2.24) is 4.90 Å². The third-order valence-electron chi connectivity index (χ3n) is 3.22. The molecule has 1 aromatic rings. The Hall–Kier alpha value is -2.10. The summed E-state index contributed by atoms with van der Waals surface area (Å²) in [4.78, 5) is 24.9. The molecule has 0 saturated heterocycles. The van der Waals surface area contributed by atoms with E-state index in [0.717, 1.165) is 16.7 Å². The minimum absolute atomic E-state index is 0.00798. The van der Waals surface area contributed by atoms with E-state index in [1.165, 1.54) is 0 Å². The highest BCUT2D eigenvalue weighted by Gasteiger charge is 2.23. The lowest BCUT2D eigenvalue weighted by molar-refractivity contribution is -0.126. The first kappa shape index (κ1) is 13.3. The van der Waals surface area contributed by atoms with Gasteiger partial charge in [0, 0.05) is 19.2 Å². The van der Waals surface area contributed by atoms with E-state index in [1.807, 2.05) is 19.9 Å². The van der Waals surface area contributed by atoms with Crippen LogP contribution in [-0.4, -0.2) is 28.4 Å². The van der Waals surface area contributed by atoms with Gasteiger partial charge in [0.25, 0.3) is 0 Å². The summed E-state index contributed by atoms with van der Waals surface area (Å²) in [5, 5.41) is 9.14. The molecule has 0 aromatic heterocycles. The summed E-state index contributed by atoms with van der Waals surface area (Å²) in [5.41, 5.74) is 3.11. The van der Waals surface area contributed by atoms with Gasteiger partial charge >= 0.3 is 5.97 Å². The van der Waals surface area contributed by atoms with Crippen molar-refractivity contribution in [3.05, 3.63) is 46.5 Å². The number of hydrogen-bond acceptors (Lipinski definition) is 2. The lowest BCUT2D eigenvalue weighted by Gasteiger charge is -2.29. The van der Waals surface area contributed by atoms with E-state index < -0.39 is 5.97 Å². The van der Waals surface area contributed by atoms with E-state index in [2.05, 4.69) is 0 Å². The zero-order valence-electron chi connectivity index (χ0n) is 11.1. The largest absolute Gasteiger partial charge is 0.478 e. The van der Waals surface area contributed by atoms with Crippen molar-refractivity contribution in [2.75, 3.05) is 6.54 Å². The zero-order valence-corrected chi connectivity index (χ0v) is 11.1. The van der Waals surface area contributed by atoms with E-state index in [4.69, 9.17) is 5.11 Å². The van der Waals surface area contributed by atoms with Crippen LogP contribution in [0.3, 0.4) is 0 Å². The predicted octanol–water partition coefficient (Wildman–Crippen LogP) is 2.24. The second kappa shape index (κ2) is 5.26. The smallest absolute Gasteiger partial charge is 0.335 e. The summed E-state index contributed by atoms with van der Waals surface area (Å²) >= 11 is 0. The molecule has 0 spiro atoms. The second-order valence-corrected chi connectivity index (χ2v) is 4.98. The van der Waals surface area contributed by atoms with Gasteiger partial charge in [0.1, 0.15) is 0 Å². The van der Waals surface area contributed by atoms with Crippen LogP contribution in [0.4, 0.5) is 0 Å². The number of rotatable bonds is 2. The van der Waals surface area contributed by atoms with Crippen molar-refractivity contribution in [2.45, 2.75) is 26.8 Å². The lowest BCUT2D eigenvalue weighted by atomic mass is 9.94. The van der Waals surface area contributed by atoms with Crippen LogP contribution in [0, 0.1) is 0 Å².